The van der Waals surface area contributed by atoms with E-state index in [-0.39, 0.29) is 46.0 Å². The summed E-state index contributed by atoms with van der Waals surface area (Å²) in [7, 11) is 0. The Hall–Kier alpha value is -1.88. The van der Waals surface area contributed by atoms with Crippen LogP contribution in [0.4, 0.5) is 0 Å². The molecule has 134 valence electrons. The van der Waals surface area contributed by atoms with Gasteiger partial charge in [-0.2, -0.15) is 9.53 Å². The number of nitrogens with one attached hydrogen (secondary N) is 2. The van der Waals surface area contributed by atoms with Gasteiger partial charge in [0.15, 0.2) is 5.15 Å². The van der Waals surface area contributed by atoms with Crippen molar-refractivity contribution in [1.82, 2.24) is 19.7 Å². The number of likely N-dealkylation sites (tertiary alicyclic amines) is 1. The molecule has 25 heavy (non-hydrogen) atoms. The fourth-order valence-electron chi connectivity index (χ4n) is 2.48. The molecule has 2 aromatic heterocycles. The Labute approximate surface area is 154 Å². The summed E-state index contributed by atoms with van der Waals surface area (Å²) in [5.74, 6) is -0.963. The smallest absolute Gasteiger partial charge is 0.293 e. The predicted octanol–water partition coefficient (Wildman–Crippen LogP) is 0.657. The second kappa shape index (κ2) is 6.45. The molecule has 3 heterocycles. The Balaban J connectivity index is 1.59. The van der Waals surface area contributed by atoms with Crippen LogP contribution in [0.15, 0.2) is 9.32 Å². The quantitative estimate of drug-likeness (QED) is 0.683. The van der Waals surface area contributed by atoms with E-state index in [1.54, 1.807) is 0 Å². The topological polar surface area (TPSA) is 129 Å². The summed E-state index contributed by atoms with van der Waals surface area (Å²) in [6.07, 6.45) is 0. The van der Waals surface area contributed by atoms with Crippen molar-refractivity contribution in [2.24, 2.45) is 0 Å². The standard InChI is InChI=1S/C13H12Cl2N4O5S/c1-5-6(11(21)17-24-5)10(20)16-2-13(23)3-19(4-13)12(22)7-8(14)18-25-9(7)15/h23H,2-4H2,1H3,(H,16,20)(H,17,21). The number of aromatic amines is 1. The number of β-amino-alcohol motifs (C(OH)–C–C–N with tert-alkyl or cyclic N) is 1. The molecule has 1 saturated heterocycles. The molecule has 0 bridgehead atoms. The first-order chi connectivity index (χ1) is 11.7. The number of carbonyl (C=O) groups is 2. The molecule has 12 heteroatoms. The van der Waals surface area contributed by atoms with Crippen molar-refractivity contribution in [1.29, 1.82) is 0 Å². The van der Waals surface area contributed by atoms with Gasteiger partial charge in [0.05, 0.1) is 19.6 Å². The average Bonchev–Trinajstić information content (AvgIpc) is 3.03. The second-order valence-corrected chi connectivity index (χ2v) is 7.39. The number of aryl methyl sites for hydroxylation is 1. The third-order valence-corrected chi connectivity index (χ3v) is 5.17. The summed E-state index contributed by atoms with van der Waals surface area (Å²) in [6, 6.07) is 0. The number of halogens is 2. The first-order valence-corrected chi connectivity index (χ1v) is 8.53. The van der Waals surface area contributed by atoms with E-state index < -0.39 is 23.0 Å². The fraction of sp³-hybridized carbons (Fsp3) is 0.385. The van der Waals surface area contributed by atoms with E-state index in [2.05, 4.69) is 14.8 Å². The molecule has 0 atom stereocenters. The summed E-state index contributed by atoms with van der Waals surface area (Å²) in [4.78, 5) is 37.1. The molecule has 1 aliphatic heterocycles. The molecule has 3 N–H and O–H groups in total. The highest BCUT2D eigenvalue weighted by Gasteiger charge is 2.45. The number of rotatable bonds is 4. The van der Waals surface area contributed by atoms with Crippen LogP contribution in [0.1, 0.15) is 26.5 Å². The van der Waals surface area contributed by atoms with Crippen LogP contribution >= 0.6 is 34.7 Å². The van der Waals surface area contributed by atoms with Crippen LogP contribution in [0.5, 0.6) is 0 Å². The van der Waals surface area contributed by atoms with Gasteiger partial charge in [-0.3, -0.25) is 14.4 Å². The minimum Gasteiger partial charge on any atom is -0.384 e. The zero-order valence-corrected chi connectivity index (χ0v) is 15.1. The van der Waals surface area contributed by atoms with Crippen molar-refractivity contribution < 1.29 is 19.2 Å². The maximum absolute atomic E-state index is 12.3. The van der Waals surface area contributed by atoms with E-state index in [1.165, 1.54) is 11.8 Å². The Morgan fingerprint density at radius 2 is 2.12 bits per heavy atom. The molecular formula is C13H12Cl2N4O5S. The van der Waals surface area contributed by atoms with Crippen molar-refractivity contribution in [2.75, 3.05) is 19.6 Å². The molecule has 1 fully saturated rings. The number of aliphatic hydroxyl groups is 1. The normalized spacial score (nSPS) is 15.8. The number of hydrogen-bond donors (Lipinski definition) is 3. The van der Waals surface area contributed by atoms with Crippen molar-refractivity contribution in [2.45, 2.75) is 12.5 Å². The van der Waals surface area contributed by atoms with Gasteiger partial charge in [0.2, 0.25) is 0 Å². The third-order valence-electron chi connectivity index (χ3n) is 3.76. The maximum Gasteiger partial charge on any atom is 0.293 e. The average molecular weight is 407 g/mol. The van der Waals surface area contributed by atoms with E-state index in [0.717, 1.165) is 11.5 Å². The first kappa shape index (κ1) is 17.9. The van der Waals surface area contributed by atoms with Crippen molar-refractivity contribution in [3.8, 4) is 0 Å². The van der Waals surface area contributed by atoms with Gasteiger partial charge in [-0.15, -0.1) is 0 Å². The van der Waals surface area contributed by atoms with E-state index in [1.807, 2.05) is 0 Å². The Bertz CT molecular complexity index is 879. The summed E-state index contributed by atoms with van der Waals surface area (Å²) >= 11 is 12.6. The van der Waals surface area contributed by atoms with Gasteiger partial charge in [0, 0.05) is 0 Å². The summed E-state index contributed by atoms with van der Waals surface area (Å²) in [5.41, 5.74) is -2.02. The Morgan fingerprint density at radius 3 is 2.64 bits per heavy atom. The third kappa shape index (κ3) is 3.30. The second-order valence-electron chi connectivity index (χ2n) is 5.65. The molecule has 2 aromatic rings. The lowest BCUT2D eigenvalue weighted by atomic mass is 9.93. The van der Waals surface area contributed by atoms with Crippen LogP contribution in [0.3, 0.4) is 0 Å². The highest BCUT2D eigenvalue weighted by molar-refractivity contribution is 7.11. The molecule has 0 spiro atoms. The van der Waals surface area contributed by atoms with E-state index in [9.17, 15) is 19.5 Å². The van der Waals surface area contributed by atoms with Crippen molar-refractivity contribution >= 4 is 46.5 Å². The van der Waals surface area contributed by atoms with Crippen LogP contribution < -0.4 is 10.9 Å². The molecule has 0 radical (unpaired) electrons. The monoisotopic (exact) mass is 406 g/mol. The zero-order valence-electron chi connectivity index (χ0n) is 12.8. The molecule has 2 amide bonds. The van der Waals surface area contributed by atoms with E-state index >= 15 is 0 Å². The van der Waals surface area contributed by atoms with Gasteiger partial charge in [0.1, 0.15) is 26.8 Å². The van der Waals surface area contributed by atoms with Crippen LogP contribution in [-0.2, 0) is 0 Å². The summed E-state index contributed by atoms with van der Waals surface area (Å²) in [5, 5.41) is 14.9. The lowest BCUT2D eigenvalue weighted by Gasteiger charge is -2.46. The molecular weight excluding hydrogens is 395 g/mol. The van der Waals surface area contributed by atoms with Gasteiger partial charge >= 0.3 is 0 Å². The van der Waals surface area contributed by atoms with Crippen molar-refractivity contribution in [3.05, 3.63) is 36.7 Å². The molecule has 0 aliphatic carbocycles. The highest BCUT2D eigenvalue weighted by atomic mass is 35.5. The van der Waals surface area contributed by atoms with Gasteiger partial charge in [-0.05, 0) is 18.5 Å². The van der Waals surface area contributed by atoms with Crippen LogP contribution in [-0.4, -0.2) is 56.6 Å². The molecule has 9 nitrogen and oxygen atoms in total. The largest absolute Gasteiger partial charge is 0.384 e. The fourth-order valence-corrected chi connectivity index (χ4v) is 3.67. The number of carbonyl (C=O) groups excluding carboxylic acids is 2. The Kier molecular flexibility index (Phi) is 4.62. The minimum atomic E-state index is -1.31. The van der Waals surface area contributed by atoms with E-state index in [0.29, 0.717) is 0 Å². The molecule has 0 unspecified atom stereocenters. The Morgan fingerprint density at radius 1 is 1.44 bits per heavy atom. The minimum absolute atomic E-state index is 0.0124. The molecule has 3 rings (SSSR count). The van der Waals surface area contributed by atoms with E-state index in [4.69, 9.17) is 27.7 Å². The first-order valence-electron chi connectivity index (χ1n) is 7.00. The summed E-state index contributed by atoms with van der Waals surface area (Å²) in [6.45, 7) is 1.29. The van der Waals surface area contributed by atoms with Gasteiger partial charge in [-0.25, -0.2) is 0 Å². The maximum atomic E-state index is 12.3. The van der Waals surface area contributed by atoms with Gasteiger partial charge in [0.25, 0.3) is 17.4 Å². The molecule has 1 aliphatic rings. The van der Waals surface area contributed by atoms with Gasteiger partial charge in [-0.1, -0.05) is 23.2 Å². The number of hydrogen-bond acceptors (Lipinski definition) is 7. The van der Waals surface area contributed by atoms with Crippen molar-refractivity contribution in [3.63, 3.8) is 0 Å². The number of aromatic nitrogens is 2. The van der Waals surface area contributed by atoms with Crippen LogP contribution in [0, 0.1) is 6.92 Å². The number of H-pyrrole nitrogens is 1. The molecule has 0 saturated carbocycles. The SMILES string of the molecule is Cc1o[nH]c(=O)c1C(=O)NCC1(O)CN(C(=O)c2c(Cl)nsc2Cl)C1. The lowest BCUT2D eigenvalue weighted by molar-refractivity contribution is -0.0772. The highest BCUT2D eigenvalue weighted by Crippen LogP contribution is 2.32. The number of nitrogens with zero attached hydrogens (tertiary/aromatic N) is 2. The summed E-state index contributed by atoms with van der Waals surface area (Å²) < 4.78 is 8.72. The van der Waals surface area contributed by atoms with Gasteiger partial charge < -0.3 is 19.8 Å². The van der Waals surface area contributed by atoms with Crippen LogP contribution in [0.2, 0.25) is 9.49 Å². The number of amides is 2. The van der Waals surface area contributed by atoms with Crippen LogP contribution in [0.25, 0.3) is 0 Å². The molecule has 0 aromatic carbocycles. The predicted molar refractivity (Wildman–Crippen MR) is 89.4 cm³/mol. The lowest BCUT2D eigenvalue weighted by Crippen LogP contribution is -2.67. The zero-order chi connectivity index (χ0) is 18.4.